The minimum atomic E-state index is -0.626. The molecule has 0 amide bonds. The summed E-state index contributed by atoms with van der Waals surface area (Å²) in [7, 11) is 0. The molecule has 0 atom stereocenters. The lowest BCUT2D eigenvalue weighted by molar-refractivity contribution is -0.0290. The molecule has 0 aliphatic carbocycles. The van der Waals surface area contributed by atoms with Gasteiger partial charge in [-0.2, -0.15) is 0 Å². The van der Waals surface area contributed by atoms with Gasteiger partial charge in [-0.05, 0) is 13.3 Å². The number of carbonyl (C=O) groups excluding carboxylic acids is 1. The number of rotatable bonds is 2. The first-order chi connectivity index (χ1) is 4.74. The number of hydrogen-bond acceptors (Lipinski definition) is 3. The zero-order chi connectivity index (χ0) is 7.56. The van der Waals surface area contributed by atoms with Gasteiger partial charge in [0.2, 0.25) is 0 Å². The maximum Gasteiger partial charge on any atom is 0.524 e. The molecule has 1 fully saturated rings. The first-order valence-electron chi connectivity index (χ1n) is 2.94. The van der Waals surface area contributed by atoms with E-state index in [0.717, 1.165) is 5.57 Å². The molecule has 54 valence electrons. The van der Waals surface area contributed by atoms with Crippen LogP contribution in [0.1, 0.15) is 13.3 Å². The van der Waals surface area contributed by atoms with Gasteiger partial charge in [-0.15, -0.1) is 6.58 Å². The van der Waals surface area contributed by atoms with E-state index in [1.54, 1.807) is 6.08 Å². The van der Waals surface area contributed by atoms with Crippen LogP contribution in [-0.4, -0.2) is 6.16 Å². The summed E-state index contributed by atoms with van der Waals surface area (Å²) >= 11 is 0. The van der Waals surface area contributed by atoms with Gasteiger partial charge in [0.05, 0.1) is 0 Å². The van der Waals surface area contributed by atoms with Crippen LogP contribution in [0.5, 0.6) is 0 Å². The Labute approximate surface area is 58.9 Å². The SMILES string of the molecule is C=CCC(C)=C1OC(=O)O1. The van der Waals surface area contributed by atoms with Gasteiger partial charge >= 0.3 is 6.16 Å². The molecule has 3 nitrogen and oxygen atoms in total. The number of hydrogen-bond donors (Lipinski definition) is 0. The van der Waals surface area contributed by atoms with Gasteiger partial charge in [-0.1, -0.05) is 6.08 Å². The molecule has 0 aromatic rings. The van der Waals surface area contributed by atoms with Gasteiger partial charge in [0.1, 0.15) is 0 Å². The molecule has 0 unspecified atom stereocenters. The molecule has 1 rings (SSSR count). The molecule has 0 radical (unpaired) electrons. The third-order valence-electron chi connectivity index (χ3n) is 1.15. The summed E-state index contributed by atoms with van der Waals surface area (Å²) in [6.45, 7) is 5.35. The Kier molecular flexibility index (Phi) is 1.76. The van der Waals surface area contributed by atoms with Gasteiger partial charge in [-0.3, -0.25) is 0 Å². The van der Waals surface area contributed by atoms with E-state index in [1.165, 1.54) is 0 Å². The highest BCUT2D eigenvalue weighted by Crippen LogP contribution is 2.20. The van der Waals surface area contributed by atoms with Gasteiger partial charge in [0.15, 0.2) is 0 Å². The summed E-state index contributed by atoms with van der Waals surface area (Å²) in [5.74, 6) is 0.324. The largest absolute Gasteiger partial charge is 0.524 e. The molecule has 1 saturated heterocycles. The highest BCUT2D eigenvalue weighted by atomic mass is 16.9. The van der Waals surface area contributed by atoms with E-state index in [1.807, 2.05) is 6.92 Å². The highest BCUT2D eigenvalue weighted by Gasteiger charge is 2.25. The van der Waals surface area contributed by atoms with E-state index in [-0.39, 0.29) is 0 Å². The maximum absolute atomic E-state index is 10.1. The van der Waals surface area contributed by atoms with Crippen molar-refractivity contribution in [3.63, 3.8) is 0 Å². The predicted molar refractivity (Wildman–Crippen MR) is 35.1 cm³/mol. The Morgan fingerprint density at radius 1 is 1.70 bits per heavy atom. The van der Waals surface area contributed by atoms with Crippen LogP contribution in [0.4, 0.5) is 4.79 Å². The molecule has 0 spiro atoms. The van der Waals surface area contributed by atoms with Crippen molar-refractivity contribution in [3.8, 4) is 0 Å². The van der Waals surface area contributed by atoms with Crippen LogP contribution >= 0.6 is 0 Å². The van der Waals surface area contributed by atoms with Crippen molar-refractivity contribution in [1.82, 2.24) is 0 Å². The minimum absolute atomic E-state index is 0.324. The molecule has 1 aliphatic heterocycles. The molecule has 0 aromatic carbocycles. The molecule has 0 bridgehead atoms. The average Bonchev–Trinajstić information content (AvgIpc) is 1.82. The summed E-state index contributed by atoms with van der Waals surface area (Å²) < 4.78 is 9.05. The predicted octanol–water partition coefficient (Wildman–Crippen LogP) is 1.96. The van der Waals surface area contributed by atoms with Gasteiger partial charge < -0.3 is 9.47 Å². The lowest BCUT2D eigenvalue weighted by Crippen LogP contribution is -2.21. The Hall–Kier alpha value is -1.25. The number of cyclic esters (lactones) is 2. The summed E-state index contributed by atoms with van der Waals surface area (Å²) in [5, 5.41) is 0. The smallest absolute Gasteiger partial charge is 0.360 e. The summed E-state index contributed by atoms with van der Waals surface area (Å²) in [6, 6.07) is 0. The standard InChI is InChI=1S/C7H8O3/c1-3-4-5(2)6-9-7(8)10-6/h3H,1,4H2,2H3. The monoisotopic (exact) mass is 140 g/mol. The van der Waals surface area contributed by atoms with Crippen LogP contribution in [-0.2, 0) is 9.47 Å². The number of carbonyl (C=O) groups is 1. The second-order valence-electron chi connectivity index (χ2n) is 2.01. The Morgan fingerprint density at radius 2 is 2.30 bits per heavy atom. The van der Waals surface area contributed by atoms with E-state index in [0.29, 0.717) is 12.4 Å². The van der Waals surface area contributed by atoms with Gasteiger partial charge in [0.25, 0.3) is 5.95 Å². The van der Waals surface area contributed by atoms with E-state index in [2.05, 4.69) is 16.1 Å². The first-order valence-corrected chi connectivity index (χ1v) is 2.94. The Morgan fingerprint density at radius 3 is 2.70 bits per heavy atom. The van der Waals surface area contributed by atoms with Crippen molar-refractivity contribution in [2.75, 3.05) is 0 Å². The molecule has 10 heavy (non-hydrogen) atoms. The van der Waals surface area contributed by atoms with E-state index in [9.17, 15) is 4.79 Å². The van der Waals surface area contributed by atoms with Crippen LogP contribution in [0.3, 0.4) is 0 Å². The summed E-state index contributed by atoms with van der Waals surface area (Å²) in [4.78, 5) is 10.1. The zero-order valence-corrected chi connectivity index (χ0v) is 5.72. The Balaban J connectivity index is 2.52. The van der Waals surface area contributed by atoms with E-state index >= 15 is 0 Å². The zero-order valence-electron chi connectivity index (χ0n) is 5.72. The third-order valence-corrected chi connectivity index (χ3v) is 1.15. The van der Waals surface area contributed by atoms with E-state index in [4.69, 9.17) is 0 Å². The fourth-order valence-electron chi connectivity index (χ4n) is 0.633. The number of allylic oxidation sites excluding steroid dienone is 2. The van der Waals surface area contributed by atoms with Crippen molar-refractivity contribution >= 4 is 6.16 Å². The highest BCUT2D eigenvalue weighted by molar-refractivity contribution is 5.68. The van der Waals surface area contributed by atoms with Crippen LogP contribution in [0.2, 0.25) is 0 Å². The van der Waals surface area contributed by atoms with Crippen LogP contribution in [0.25, 0.3) is 0 Å². The topological polar surface area (TPSA) is 35.5 Å². The number of ether oxygens (including phenoxy) is 2. The van der Waals surface area contributed by atoms with Crippen molar-refractivity contribution in [2.45, 2.75) is 13.3 Å². The van der Waals surface area contributed by atoms with Gasteiger partial charge in [-0.25, -0.2) is 4.79 Å². The minimum Gasteiger partial charge on any atom is -0.360 e. The van der Waals surface area contributed by atoms with E-state index < -0.39 is 6.16 Å². The second-order valence-corrected chi connectivity index (χ2v) is 2.01. The molecule has 0 N–H and O–H groups in total. The molecular weight excluding hydrogens is 132 g/mol. The van der Waals surface area contributed by atoms with Crippen LogP contribution in [0.15, 0.2) is 24.2 Å². The van der Waals surface area contributed by atoms with Crippen LogP contribution in [0, 0.1) is 0 Å². The van der Waals surface area contributed by atoms with Crippen molar-refractivity contribution in [3.05, 3.63) is 24.2 Å². The molecule has 3 heteroatoms. The quantitative estimate of drug-likeness (QED) is 0.434. The maximum atomic E-state index is 10.1. The average molecular weight is 140 g/mol. The fourth-order valence-corrected chi connectivity index (χ4v) is 0.633. The normalized spacial score (nSPS) is 14.9. The Bertz CT molecular complexity index is 187. The van der Waals surface area contributed by atoms with Crippen LogP contribution < -0.4 is 0 Å². The van der Waals surface area contributed by atoms with Crippen molar-refractivity contribution < 1.29 is 14.3 Å². The third kappa shape index (κ3) is 1.18. The summed E-state index contributed by atoms with van der Waals surface area (Å²) in [6.07, 6.45) is 1.78. The fraction of sp³-hybridized carbons (Fsp3) is 0.286. The van der Waals surface area contributed by atoms with Crippen molar-refractivity contribution in [1.29, 1.82) is 0 Å². The summed E-state index contributed by atoms with van der Waals surface area (Å²) in [5.41, 5.74) is 0.884. The molecule has 0 aromatic heterocycles. The second kappa shape index (κ2) is 2.56. The molecule has 0 saturated carbocycles. The van der Waals surface area contributed by atoms with Gasteiger partial charge in [0, 0.05) is 5.57 Å². The molecule has 1 heterocycles. The van der Waals surface area contributed by atoms with Crippen molar-refractivity contribution in [2.24, 2.45) is 0 Å². The molecule has 1 aliphatic rings. The lowest BCUT2D eigenvalue weighted by Gasteiger charge is -2.17. The lowest BCUT2D eigenvalue weighted by atomic mass is 10.2. The first kappa shape index (κ1) is 6.86. The molecular formula is C7H8O3.